The molecule has 0 aromatic carbocycles. The summed E-state index contributed by atoms with van der Waals surface area (Å²) in [5, 5.41) is 0. The Bertz CT molecular complexity index is 1220. The van der Waals surface area contributed by atoms with Gasteiger partial charge in [0.05, 0.1) is 11.1 Å². The van der Waals surface area contributed by atoms with Crippen molar-refractivity contribution >= 4 is 22.8 Å². The molecule has 0 saturated carbocycles. The number of fused-ring (bicyclic) bond motifs is 1. The minimum Gasteiger partial charge on any atom is -0.382 e. The molecule has 1 aliphatic heterocycles. The average molecular weight is 429 g/mol. The lowest BCUT2D eigenvalue weighted by Gasteiger charge is -2.43. The van der Waals surface area contributed by atoms with Crippen molar-refractivity contribution < 1.29 is 4.79 Å². The van der Waals surface area contributed by atoms with Gasteiger partial charge in [-0.2, -0.15) is 0 Å². The van der Waals surface area contributed by atoms with Gasteiger partial charge in [0.2, 0.25) is 5.91 Å². The van der Waals surface area contributed by atoms with Gasteiger partial charge >= 0.3 is 0 Å². The molecule has 1 saturated heterocycles. The minimum atomic E-state index is 0.0433. The van der Waals surface area contributed by atoms with E-state index >= 15 is 0 Å². The quantitative estimate of drug-likeness (QED) is 0.636. The monoisotopic (exact) mass is 428 g/mol. The van der Waals surface area contributed by atoms with Crippen LogP contribution >= 0.6 is 0 Å². The van der Waals surface area contributed by atoms with E-state index in [0.29, 0.717) is 11.6 Å². The molecule has 7 nitrogen and oxygen atoms in total. The van der Waals surface area contributed by atoms with E-state index < -0.39 is 0 Å². The van der Waals surface area contributed by atoms with Gasteiger partial charge in [-0.25, -0.2) is 15.0 Å². The van der Waals surface area contributed by atoms with Crippen molar-refractivity contribution in [2.75, 3.05) is 18.8 Å². The highest BCUT2D eigenvalue weighted by Gasteiger charge is 2.37. The highest BCUT2D eigenvalue weighted by atomic mass is 16.2. The Morgan fingerprint density at radius 2 is 1.88 bits per heavy atom. The van der Waals surface area contributed by atoms with Gasteiger partial charge in [-0.3, -0.25) is 4.79 Å². The van der Waals surface area contributed by atoms with Gasteiger partial charge < -0.3 is 15.0 Å². The molecule has 1 spiro atoms. The van der Waals surface area contributed by atoms with Gasteiger partial charge in [0.1, 0.15) is 5.82 Å². The lowest BCUT2D eigenvalue weighted by atomic mass is 9.68. The lowest BCUT2D eigenvalue weighted by Crippen LogP contribution is -2.43. The first-order chi connectivity index (χ1) is 15.5. The number of aromatic nitrogens is 4. The maximum absolute atomic E-state index is 12.0. The zero-order chi connectivity index (χ0) is 22.3. The van der Waals surface area contributed by atoms with Crippen LogP contribution in [0.5, 0.6) is 0 Å². The second kappa shape index (κ2) is 7.89. The van der Waals surface area contributed by atoms with E-state index in [4.69, 9.17) is 5.73 Å². The van der Waals surface area contributed by atoms with Crippen LogP contribution in [-0.4, -0.2) is 43.2 Å². The van der Waals surface area contributed by atoms with Gasteiger partial charge in [-0.05, 0) is 62.2 Å². The van der Waals surface area contributed by atoms with Gasteiger partial charge in [0, 0.05) is 49.1 Å². The SMILES string of the molecule is C=CC(=O)N1CCC2(CC=C(c3c(-c4ncccn4)c4c(N)nccn4c3C)CC2)CC1. The summed E-state index contributed by atoms with van der Waals surface area (Å²) in [5.41, 5.74) is 12.0. The number of nitrogens with two attached hydrogens (primary N) is 1. The fourth-order valence-corrected chi connectivity index (χ4v) is 5.38. The predicted octanol–water partition coefficient (Wildman–Crippen LogP) is 4.04. The number of amides is 1. The number of nitrogens with zero attached hydrogens (tertiary/aromatic N) is 5. The molecule has 3 aromatic heterocycles. The highest BCUT2D eigenvalue weighted by Crippen LogP contribution is 2.48. The molecule has 0 unspecified atom stereocenters. The normalized spacial score (nSPS) is 18.0. The number of allylic oxidation sites excluding steroid dienone is 2. The van der Waals surface area contributed by atoms with Gasteiger partial charge in [0.25, 0.3) is 0 Å². The molecule has 2 aliphatic rings. The maximum atomic E-state index is 12.0. The van der Waals surface area contributed by atoms with Gasteiger partial charge in [0.15, 0.2) is 5.82 Å². The second-order valence-electron chi connectivity index (χ2n) is 8.90. The summed E-state index contributed by atoms with van der Waals surface area (Å²) in [4.78, 5) is 27.3. The van der Waals surface area contributed by atoms with E-state index in [1.807, 2.05) is 17.2 Å². The van der Waals surface area contributed by atoms with Crippen LogP contribution in [-0.2, 0) is 4.79 Å². The molecule has 7 heteroatoms. The van der Waals surface area contributed by atoms with Crippen LogP contribution in [0.15, 0.2) is 49.6 Å². The Morgan fingerprint density at radius 1 is 1.12 bits per heavy atom. The number of carbonyl (C=O) groups is 1. The number of aryl methyl sites for hydroxylation is 1. The van der Waals surface area contributed by atoms with E-state index in [9.17, 15) is 4.79 Å². The van der Waals surface area contributed by atoms with Crippen molar-refractivity contribution in [2.45, 2.75) is 39.0 Å². The van der Waals surface area contributed by atoms with Crippen LogP contribution in [0.3, 0.4) is 0 Å². The van der Waals surface area contributed by atoms with E-state index in [0.717, 1.165) is 62.0 Å². The number of piperidine rings is 1. The number of anilines is 1. The van der Waals surface area contributed by atoms with Crippen LogP contribution in [0.25, 0.3) is 22.5 Å². The second-order valence-corrected chi connectivity index (χ2v) is 8.90. The maximum Gasteiger partial charge on any atom is 0.245 e. The number of rotatable bonds is 3. The topological polar surface area (TPSA) is 89.4 Å². The Labute approximate surface area is 187 Å². The number of hydrogen-bond donors (Lipinski definition) is 1. The molecule has 2 N–H and O–H groups in total. The highest BCUT2D eigenvalue weighted by molar-refractivity contribution is 5.95. The molecule has 0 atom stereocenters. The number of nitrogen functional groups attached to an aromatic ring is 1. The summed E-state index contributed by atoms with van der Waals surface area (Å²) in [6.07, 6.45) is 16.2. The van der Waals surface area contributed by atoms with Crippen molar-refractivity contribution in [1.29, 1.82) is 0 Å². The van der Waals surface area contributed by atoms with Gasteiger partial charge in [-0.15, -0.1) is 0 Å². The third-order valence-corrected chi connectivity index (χ3v) is 7.25. The number of hydrogen-bond acceptors (Lipinski definition) is 5. The summed E-state index contributed by atoms with van der Waals surface area (Å²) >= 11 is 0. The van der Waals surface area contributed by atoms with Crippen molar-refractivity contribution in [3.8, 4) is 11.4 Å². The van der Waals surface area contributed by atoms with E-state index in [2.05, 4.69) is 38.9 Å². The standard InChI is InChI=1S/C25H28N6O/c1-3-19(32)30-14-9-25(10-15-30)7-5-18(6-8-25)20-17(2)31-16-13-27-23(26)22(31)21(20)24-28-11-4-12-29-24/h3-5,11-13,16H,1,6-10,14-15H2,2H3,(H2,26,27). The van der Waals surface area contributed by atoms with Crippen LogP contribution in [0, 0.1) is 12.3 Å². The van der Waals surface area contributed by atoms with Crippen molar-refractivity contribution in [3.05, 3.63) is 60.8 Å². The summed E-state index contributed by atoms with van der Waals surface area (Å²) in [5.74, 6) is 1.20. The molecule has 32 heavy (non-hydrogen) atoms. The van der Waals surface area contributed by atoms with E-state index in [1.165, 1.54) is 17.2 Å². The fraction of sp³-hybridized carbons (Fsp3) is 0.360. The first-order valence-electron chi connectivity index (χ1n) is 11.2. The molecule has 0 radical (unpaired) electrons. The fourth-order valence-electron chi connectivity index (χ4n) is 5.38. The zero-order valence-electron chi connectivity index (χ0n) is 18.4. The first kappa shape index (κ1) is 20.4. The Morgan fingerprint density at radius 3 is 2.53 bits per heavy atom. The summed E-state index contributed by atoms with van der Waals surface area (Å²) in [6, 6.07) is 1.82. The molecule has 1 aliphatic carbocycles. The van der Waals surface area contributed by atoms with E-state index in [1.54, 1.807) is 18.6 Å². The van der Waals surface area contributed by atoms with Crippen LogP contribution in [0.1, 0.15) is 43.4 Å². The number of likely N-dealkylation sites (tertiary alicyclic amines) is 1. The van der Waals surface area contributed by atoms with Crippen LogP contribution in [0.2, 0.25) is 0 Å². The molecule has 0 bridgehead atoms. The zero-order valence-corrected chi connectivity index (χ0v) is 18.4. The Kier molecular flexibility index (Phi) is 5.04. The third-order valence-electron chi connectivity index (χ3n) is 7.25. The Hall–Kier alpha value is -3.48. The van der Waals surface area contributed by atoms with E-state index in [-0.39, 0.29) is 11.3 Å². The average Bonchev–Trinajstić information content (AvgIpc) is 3.14. The summed E-state index contributed by atoms with van der Waals surface area (Å²) in [6.45, 7) is 7.37. The largest absolute Gasteiger partial charge is 0.382 e. The Balaban J connectivity index is 1.53. The number of carbonyl (C=O) groups excluding carboxylic acids is 1. The molecule has 164 valence electrons. The summed E-state index contributed by atoms with van der Waals surface area (Å²) in [7, 11) is 0. The first-order valence-corrected chi connectivity index (χ1v) is 11.2. The molecule has 1 fully saturated rings. The smallest absolute Gasteiger partial charge is 0.245 e. The molecule has 3 aromatic rings. The predicted molar refractivity (Wildman–Crippen MR) is 126 cm³/mol. The third kappa shape index (κ3) is 3.28. The molecular weight excluding hydrogens is 400 g/mol. The van der Waals surface area contributed by atoms with Crippen LogP contribution in [0.4, 0.5) is 5.82 Å². The lowest BCUT2D eigenvalue weighted by molar-refractivity contribution is -0.128. The van der Waals surface area contributed by atoms with Crippen molar-refractivity contribution in [1.82, 2.24) is 24.3 Å². The van der Waals surface area contributed by atoms with Crippen molar-refractivity contribution in [2.24, 2.45) is 5.41 Å². The molecule has 4 heterocycles. The molecular formula is C25H28N6O. The molecule has 5 rings (SSSR count). The van der Waals surface area contributed by atoms with Crippen molar-refractivity contribution in [3.63, 3.8) is 0 Å². The minimum absolute atomic E-state index is 0.0433. The summed E-state index contributed by atoms with van der Waals surface area (Å²) < 4.78 is 2.11. The van der Waals surface area contributed by atoms with Gasteiger partial charge in [-0.1, -0.05) is 12.7 Å². The molecule has 1 amide bonds. The van der Waals surface area contributed by atoms with Crippen LogP contribution < -0.4 is 5.73 Å².